The number of ether oxygens (including phenoxy) is 1. The lowest BCUT2D eigenvalue weighted by Crippen LogP contribution is -3.06. The topological polar surface area (TPSA) is 42.8 Å². The van der Waals surface area contributed by atoms with Crippen molar-refractivity contribution in [3.05, 3.63) is 70.9 Å². The van der Waals surface area contributed by atoms with E-state index in [9.17, 15) is 4.79 Å². The molecule has 1 amide bonds. The van der Waals surface area contributed by atoms with Crippen molar-refractivity contribution >= 4 is 23.6 Å². The largest absolute Gasteiger partial charge is 1.00 e. The fraction of sp³-hybridized carbons (Fsp3) is 0.211. The molecular weight excluding hydrogens is 359 g/mol. The molecule has 0 fully saturated rings. The first-order chi connectivity index (χ1) is 11.5. The van der Waals surface area contributed by atoms with E-state index in [1.54, 1.807) is 30.3 Å². The number of halogens is 2. The summed E-state index contributed by atoms with van der Waals surface area (Å²) in [5, 5.41) is 3.51. The van der Waals surface area contributed by atoms with Gasteiger partial charge in [0.2, 0.25) is 0 Å². The number of carbonyl (C=O) groups is 1. The Kier molecular flexibility index (Phi) is 9.06. The molecule has 0 atom stereocenters. The normalized spacial score (nSPS) is 11.0. The fourth-order valence-electron chi connectivity index (χ4n) is 1.98. The summed E-state index contributed by atoms with van der Waals surface area (Å²) in [5.41, 5.74) is 0.898. The van der Waals surface area contributed by atoms with Crippen LogP contribution in [0.25, 0.3) is 6.08 Å². The van der Waals surface area contributed by atoms with Gasteiger partial charge in [0.05, 0.1) is 27.2 Å². The summed E-state index contributed by atoms with van der Waals surface area (Å²) in [5.74, 6) is 0.572. The van der Waals surface area contributed by atoms with E-state index in [2.05, 4.69) is 5.32 Å². The highest BCUT2D eigenvalue weighted by atomic mass is 35.5. The Bertz CT molecular complexity index is 686. The van der Waals surface area contributed by atoms with Crippen molar-refractivity contribution in [1.82, 2.24) is 5.32 Å². The summed E-state index contributed by atoms with van der Waals surface area (Å²) in [6.45, 7) is 1.42. The summed E-state index contributed by atoms with van der Waals surface area (Å²) in [7, 11) is 4.08. The molecule has 0 unspecified atom stereocenters. The minimum atomic E-state index is -0.241. The Morgan fingerprint density at radius 3 is 2.36 bits per heavy atom. The van der Waals surface area contributed by atoms with Crippen LogP contribution >= 0.6 is 11.6 Å². The molecule has 0 spiro atoms. The number of rotatable bonds is 7. The molecule has 0 bridgehead atoms. The fourth-order valence-corrected chi connectivity index (χ4v) is 2.11. The first-order valence-electron chi connectivity index (χ1n) is 7.82. The van der Waals surface area contributed by atoms with Gasteiger partial charge in [-0.05, 0) is 35.9 Å². The molecule has 4 nitrogen and oxygen atoms in total. The summed E-state index contributed by atoms with van der Waals surface area (Å²) in [4.78, 5) is 13.7. The van der Waals surface area contributed by atoms with Gasteiger partial charge in [-0.3, -0.25) is 4.79 Å². The molecule has 134 valence electrons. The zero-order chi connectivity index (χ0) is 17.4. The molecule has 0 aliphatic rings. The van der Waals surface area contributed by atoms with Gasteiger partial charge in [-0.2, -0.15) is 0 Å². The van der Waals surface area contributed by atoms with Crippen LogP contribution in [0.4, 0.5) is 0 Å². The Morgan fingerprint density at radius 2 is 1.76 bits per heavy atom. The standard InChI is InChI=1S/C19H21ClN2O2.ClH/c1-22(2)13-12-21-19(23)18(14-15-6-4-3-5-7-15)24-17-10-8-16(20)9-11-17;/h3-11,14H,12-13H2,1-2H3,(H,21,23);1H/b18-14-;. The number of carbonyl (C=O) groups excluding carboxylic acids is 1. The quantitative estimate of drug-likeness (QED) is 0.479. The van der Waals surface area contributed by atoms with E-state index in [1.165, 1.54) is 4.90 Å². The second-order valence-electron chi connectivity index (χ2n) is 5.69. The van der Waals surface area contributed by atoms with Crippen LogP contribution in [0.1, 0.15) is 5.56 Å². The van der Waals surface area contributed by atoms with Crippen LogP contribution in [0.3, 0.4) is 0 Å². The minimum Gasteiger partial charge on any atom is -1.00 e. The summed E-state index contributed by atoms with van der Waals surface area (Å²) >= 11 is 5.89. The van der Waals surface area contributed by atoms with Gasteiger partial charge >= 0.3 is 0 Å². The van der Waals surface area contributed by atoms with Crippen LogP contribution in [0.15, 0.2) is 60.4 Å². The van der Waals surface area contributed by atoms with E-state index in [0.717, 1.165) is 12.1 Å². The van der Waals surface area contributed by atoms with E-state index < -0.39 is 0 Å². The molecule has 0 saturated heterocycles. The first-order valence-corrected chi connectivity index (χ1v) is 8.20. The van der Waals surface area contributed by atoms with Crippen molar-refractivity contribution in [2.45, 2.75) is 0 Å². The number of nitrogens with one attached hydrogen (secondary N) is 2. The Balaban J connectivity index is 0.00000312. The highest BCUT2D eigenvalue weighted by molar-refractivity contribution is 6.30. The Labute approximate surface area is 159 Å². The van der Waals surface area contributed by atoms with Crippen LogP contribution in [-0.4, -0.2) is 33.1 Å². The SMILES string of the molecule is C[NH+](C)CCNC(=O)/C(=C/c1ccccc1)Oc1ccc(Cl)cc1.[Cl-]. The molecule has 25 heavy (non-hydrogen) atoms. The average Bonchev–Trinajstić information content (AvgIpc) is 2.57. The Morgan fingerprint density at radius 1 is 1.12 bits per heavy atom. The number of hydrogen-bond acceptors (Lipinski definition) is 2. The van der Waals surface area contributed by atoms with Crippen molar-refractivity contribution in [2.24, 2.45) is 0 Å². The number of likely N-dealkylation sites (N-methyl/N-ethyl adjacent to an activating group) is 1. The van der Waals surface area contributed by atoms with E-state index >= 15 is 0 Å². The van der Waals surface area contributed by atoms with Crippen molar-refractivity contribution in [3.63, 3.8) is 0 Å². The van der Waals surface area contributed by atoms with Gasteiger partial charge in [0, 0.05) is 5.02 Å². The van der Waals surface area contributed by atoms with E-state index in [0.29, 0.717) is 17.3 Å². The van der Waals surface area contributed by atoms with Crippen LogP contribution in [-0.2, 0) is 4.79 Å². The molecule has 0 aromatic heterocycles. The number of benzene rings is 2. The third kappa shape index (κ3) is 7.61. The number of quaternary nitrogens is 1. The van der Waals surface area contributed by atoms with Gasteiger partial charge in [-0.25, -0.2) is 0 Å². The van der Waals surface area contributed by atoms with Gasteiger partial charge in [0.25, 0.3) is 5.91 Å². The summed E-state index contributed by atoms with van der Waals surface area (Å²) in [6, 6.07) is 16.5. The van der Waals surface area contributed by atoms with Crippen molar-refractivity contribution in [2.75, 3.05) is 27.2 Å². The monoisotopic (exact) mass is 380 g/mol. The second kappa shape index (κ2) is 10.8. The average molecular weight is 381 g/mol. The van der Waals surface area contributed by atoms with Crippen molar-refractivity contribution < 1.29 is 26.8 Å². The number of hydrogen-bond donors (Lipinski definition) is 2. The molecule has 2 aromatic carbocycles. The lowest BCUT2D eigenvalue weighted by molar-refractivity contribution is -0.856. The Hall–Kier alpha value is -2.01. The highest BCUT2D eigenvalue weighted by Crippen LogP contribution is 2.19. The highest BCUT2D eigenvalue weighted by Gasteiger charge is 2.13. The maximum atomic E-state index is 12.5. The predicted molar refractivity (Wildman–Crippen MR) is 97.2 cm³/mol. The third-order valence-electron chi connectivity index (χ3n) is 3.27. The molecule has 0 aliphatic carbocycles. The zero-order valence-electron chi connectivity index (χ0n) is 14.3. The second-order valence-corrected chi connectivity index (χ2v) is 6.12. The van der Waals surface area contributed by atoms with Crippen molar-refractivity contribution in [1.29, 1.82) is 0 Å². The van der Waals surface area contributed by atoms with Crippen molar-refractivity contribution in [3.8, 4) is 5.75 Å². The molecule has 0 aliphatic heterocycles. The molecule has 2 rings (SSSR count). The number of amides is 1. The summed E-state index contributed by atoms with van der Waals surface area (Å²) in [6.07, 6.45) is 1.73. The maximum Gasteiger partial charge on any atom is 0.287 e. The van der Waals surface area contributed by atoms with Gasteiger partial charge < -0.3 is 27.4 Å². The predicted octanol–water partition coefficient (Wildman–Crippen LogP) is -0.975. The van der Waals surface area contributed by atoms with Crippen LogP contribution in [0.2, 0.25) is 5.02 Å². The molecule has 0 heterocycles. The lowest BCUT2D eigenvalue weighted by Gasteiger charge is -2.12. The molecule has 2 N–H and O–H groups in total. The maximum absolute atomic E-state index is 12.5. The minimum absolute atomic E-state index is 0. The van der Waals surface area contributed by atoms with Crippen LogP contribution in [0.5, 0.6) is 5.75 Å². The van der Waals surface area contributed by atoms with E-state index in [1.807, 2.05) is 44.4 Å². The van der Waals surface area contributed by atoms with Gasteiger partial charge in [-0.1, -0.05) is 41.9 Å². The first kappa shape index (κ1) is 21.0. The van der Waals surface area contributed by atoms with E-state index in [4.69, 9.17) is 16.3 Å². The zero-order valence-corrected chi connectivity index (χ0v) is 15.8. The molecule has 2 aromatic rings. The lowest BCUT2D eigenvalue weighted by atomic mass is 10.2. The van der Waals surface area contributed by atoms with Gasteiger partial charge in [0.15, 0.2) is 5.76 Å². The molecule has 0 radical (unpaired) electrons. The molecule has 0 saturated carbocycles. The van der Waals surface area contributed by atoms with Crippen LogP contribution in [0, 0.1) is 0 Å². The molecular formula is C19H22Cl2N2O2. The van der Waals surface area contributed by atoms with Crippen LogP contribution < -0.4 is 27.4 Å². The van der Waals surface area contributed by atoms with Gasteiger partial charge in [-0.15, -0.1) is 0 Å². The smallest absolute Gasteiger partial charge is 0.287 e. The third-order valence-corrected chi connectivity index (χ3v) is 3.53. The van der Waals surface area contributed by atoms with Gasteiger partial charge in [0.1, 0.15) is 5.75 Å². The van der Waals surface area contributed by atoms with E-state index in [-0.39, 0.29) is 24.1 Å². The summed E-state index contributed by atoms with van der Waals surface area (Å²) < 4.78 is 5.78. The molecule has 6 heteroatoms.